The minimum atomic E-state index is 0.0656. The Bertz CT molecular complexity index is 631. The van der Waals surface area contributed by atoms with Crippen LogP contribution in [0, 0.1) is 5.41 Å². The van der Waals surface area contributed by atoms with E-state index in [2.05, 4.69) is 9.88 Å². The molecule has 2 aromatic rings. The van der Waals surface area contributed by atoms with Crippen LogP contribution in [0.1, 0.15) is 24.8 Å². The molecule has 128 valence electrons. The molecule has 0 spiro atoms. The molecular formula is C19H24N2O3. The van der Waals surface area contributed by atoms with Crippen LogP contribution in [0.5, 0.6) is 5.75 Å². The Labute approximate surface area is 142 Å². The van der Waals surface area contributed by atoms with Gasteiger partial charge in [0.25, 0.3) is 0 Å². The molecule has 0 aliphatic carbocycles. The van der Waals surface area contributed by atoms with E-state index in [4.69, 9.17) is 13.9 Å². The van der Waals surface area contributed by atoms with Gasteiger partial charge in [-0.05, 0) is 37.5 Å². The van der Waals surface area contributed by atoms with Crippen LogP contribution < -0.4 is 4.74 Å². The molecule has 0 N–H and O–H groups in total. The van der Waals surface area contributed by atoms with Crippen LogP contribution in [0.4, 0.5) is 0 Å². The van der Waals surface area contributed by atoms with Gasteiger partial charge in [0.1, 0.15) is 5.75 Å². The van der Waals surface area contributed by atoms with Crippen molar-refractivity contribution in [2.75, 3.05) is 26.3 Å². The lowest BCUT2D eigenvalue weighted by molar-refractivity contribution is -0.140. The lowest BCUT2D eigenvalue weighted by Gasteiger charge is -2.50. The van der Waals surface area contributed by atoms with E-state index < -0.39 is 0 Å². The SMILES string of the molecule is c1cncc(OC[C@@]23CCCO[C@@H]2CCN(Cc2ccoc2)C3)c1. The minimum Gasteiger partial charge on any atom is -0.491 e. The molecule has 0 bridgehead atoms. The van der Waals surface area contributed by atoms with Gasteiger partial charge in [0.2, 0.25) is 0 Å². The van der Waals surface area contributed by atoms with E-state index in [9.17, 15) is 0 Å². The van der Waals surface area contributed by atoms with E-state index in [-0.39, 0.29) is 5.41 Å². The predicted octanol–water partition coefficient (Wildman–Crippen LogP) is 3.12. The van der Waals surface area contributed by atoms with Crippen LogP contribution in [0.15, 0.2) is 47.5 Å². The first-order chi connectivity index (χ1) is 11.8. The standard InChI is InChI=1S/C19H24N2O3/c1-3-17(11-20-7-1)24-15-19-6-2-9-23-18(19)4-8-21(14-19)12-16-5-10-22-13-16/h1,3,5,7,10-11,13,18H,2,4,6,8-9,12,14-15H2/t18-,19+/m1/s1. The summed E-state index contributed by atoms with van der Waals surface area (Å²) in [5.41, 5.74) is 1.30. The van der Waals surface area contributed by atoms with Gasteiger partial charge in [0, 0.05) is 43.4 Å². The summed E-state index contributed by atoms with van der Waals surface area (Å²) in [4.78, 5) is 6.64. The first kappa shape index (κ1) is 15.7. The average Bonchev–Trinajstić information content (AvgIpc) is 3.14. The van der Waals surface area contributed by atoms with Crippen molar-refractivity contribution >= 4 is 0 Å². The maximum Gasteiger partial charge on any atom is 0.137 e. The van der Waals surface area contributed by atoms with E-state index in [1.165, 1.54) is 5.56 Å². The van der Waals surface area contributed by atoms with Crippen LogP contribution in [0.2, 0.25) is 0 Å². The third-order valence-corrected chi connectivity index (χ3v) is 5.21. The van der Waals surface area contributed by atoms with Crippen LogP contribution in [-0.2, 0) is 11.3 Å². The summed E-state index contributed by atoms with van der Waals surface area (Å²) in [5, 5.41) is 0. The average molecular weight is 328 g/mol. The molecule has 2 aliphatic heterocycles. The third-order valence-electron chi connectivity index (χ3n) is 5.21. The van der Waals surface area contributed by atoms with Crippen molar-refractivity contribution in [3.05, 3.63) is 48.7 Å². The van der Waals surface area contributed by atoms with Crippen molar-refractivity contribution in [2.24, 2.45) is 5.41 Å². The molecule has 2 saturated heterocycles. The van der Waals surface area contributed by atoms with Gasteiger partial charge in [0.05, 0.1) is 31.4 Å². The molecule has 5 nitrogen and oxygen atoms in total. The largest absolute Gasteiger partial charge is 0.491 e. The van der Waals surface area contributed by atoms with E-state index in [0.29, 0.717) is 12.7 Å². The Hall–Kier alpha value is -1.85. The van der Waals surface area contributed by atoms with Crippen LogP contribution in [-0.4, -0.2) is 42.3 Å². The number of aromatic nitrogens is 1. The molecule has 0 aromatic carbocycles. The number of piperidine rings is 1. The van der Waals surface area contributed by atoms with E-state index in [0.717, 1.165) is 51.3 Å². The summed E-state index contributed by atoms with van der Waals surface area (Å²) in [6.07, 6.45) is 10.7. The Morgan fingerprint density at radius 1 is 1.38 bits per heavy atom. The molecule has 4 heterocycles. The Morgan fingerprint density at radius 2 is 2.38 bits per heavy atom. The zero-order valence-electron chi connectivity index (χ0n) is 13.9. The first-order valence-electron chi connectivity index (χ1n) is 8.72. The molecular weight excluding hydrogens is 304 g/mol. The Balaban J connectivity index is 1.47. The predicted molar refractivity (Wildman–Crippen MR) is 89.7 cm³/mol. The van der Waals surface area contributed by atoms with Gasteiger partial charge in [-0.15, -0.1) is 0 Å². The molecule has 2 atom stereocenters. The molecule has 5 heteroatoms. The molecule has 2 aromatic heterocycles. The Kier molecular flexibility index (Phi) is 4.54. The van der Waals surface area contributed by atoms with Crippen molar-refractivity contribution in [2.45, 2.75) is 31.9 Å². The van der Waals surface area contributed by atoms with Gasteiger partial charge in [-0.25, -0.2) is 0 Å². The van der Waals surface area contributed by atoms with E-state index >= 15 is 0 Å². The van der Waals surface area contributed by atoms with Gasteiger partial charge in [0.15, 0.2) is 0 Å². The lowest BCUT2D eigenvalue weighted by atomic mass is 9.73. The highest BCUT2D eigenvalue weighted by Crippen LogP contribution is 2.41. The second-order valence-corrected chi connectivity index (χ2v) is 6.93. The summed E-state index contributed by atoms with van der Waals surface area (Å²) in [7, 11) is 0. The Morgan fingerprint density at radius 3 is 3.21 bits per heavy atom. The van der Waals surface area contributed by atoms with E-state index in [1.807, 2.05) is 24.5 Å². The maximum atomic E-state index is 6.12. The normalized spacial score (nSPS) is 27.6. The molecule has 0 unspecified atom stereocenters. The van der Waals surface area contributed by atoms with Crippen molar-refractivity contribution in [1.82, 2.24) is 9.88 Å². The van der Waals surface area contributed by atoms with Gasteiger partial charge in [-0.3, -0.25) is 9.88 Å². The fourth-order valence-electron chi connectivity index (χ4n) is 4.03. The molecule has 2 fully saturated rings. The molecule has 4 rings (SSSR count). The van der Waals surface area contributed by atoms with Crippen molar-refractivity contribution in [1.29, 1.82) is 0 Å². The summed E-state index contributed by atoms with van der Waals surface area (Å²) in [6.45, 7) is 4.55. The van der Waals surface area contributed by atoms with Gasteiger partial charge in [-0.1, -0.05) is 0 Å². The second-order valence-electron chi connectivity index (χ2n) is 6.93. The topological polar surface area (TPSA) is 47.7 Å². The zero-order valence-corrected chi connectivity index (χ0v) is 13.9. The summed E-state index contributed by atoms with van der Waals surface area (Å²) >= 11 is 0. The highest BCUT2D eigenvalue weighted by atomic mass is 16.5. The fraction of sp³-hybridized carbons (Fsp3) is 0.526. The maximum absolute atomic E-state index is 6.12. The molecule has 0 amide bonds. The summed E-state index contributed by atoms with van der Waals surface area (Å²) in [5.74, 6) is 0.836. The van der Waals surface area contributed by atoms with Crippen molar-refractivity contribution in [3.8, 4) is 5.75 Å². The molecule has 2 aliphatic rings. The third kappa shape index (κ3) is 3.32. The van der Waals surface area contributed by atoms with Crippen LogP contribution in [0.25, 0.3) is 0 Å². The number of nitrogens with zero attached hydrogens (tertiary/aromatic N) is 2. The van der Waals surface area contributed by atoms with Gasteiger partial charge < -0.3 is 13.9 Å². The summed E-state index contributed by atoms with van der Waals surface area (Å²) < 4.78 is 17.4. The number of furan rings is 1. The summed E-state index contributed by atoms with van der Waals surface area (Å²) in [6, 6.07) is 5.92. The second kappa shape index (κ2) is 6.95. The number of pyridine rings is 1. The zero-order chi connectivity index (χ0) is 16.2. The monoisotopic (exact) mass is 328 g/mol. The molecule has 24 heavy (non-hydrogen) atoms. The van der Waals surface area contributed by atoms with Crippen molar-refractivity contribution < 1.29 is 13.9 Å². The number of rotatable bonds is 5. The fourth-order valence-corrected chi connectivity index (χ4v) is 4.03. The highest BCUT2D eigenvalue weighted by Gasteiger charge is 2.46. The smallest absolute Gasteiger partial charge is 0.137 e. The van der Waals surface area contributed by atoms with Crippen LogP contribution >= 0.6 is 0 Å². The number of hydrogen-bond donors (Lipinski definition) is 0. The van der Waals surface area contributed by atoms with E-state index in [1.54, 1.807) is 18.7 Å². The highest BCUT2D eigenvalue weighted by molar-refractivity contribution is 5.16. The van der Waals surface area contributed by atoms with Gasteiger partial charge in [-0.2, -0.15) is 0 Å². The lowest BCUT2D eigenvalue weighted by Crippen LogP contribution is -2.57. The number of hydrogen-bond acceptors (Lipinski definition) is 5. The number of likely N-dealkylation sites (tertiary alicyclic amines) is 1. The quantitative estimate of drug-likeness (QED) is 0.844. The number of ether oxygens (including phenoxy) is 2. The molecule has 0 radical (unpaired) electrons. The van der Waals surface area contributed by atoms with Crippen LogP contribution in [0.3, 0.4) is 0 Å². The molecule has 0 saturated carbocycles. The minimum absolute atomic E-state index is 0.0656. The first-order valence-corrected chi connectivity index (χ1v) is 8.72. The van der Waals surface area contributed by atoms with Gasteiger partial charge >= 0.3 is 0 Å². The van der Waals surface area contributed by atoms with Crippen molar-refractivity contribution in [3.63, 3.8) is 0 Å². The number of fused-ring (bicyclic) bond motifs is 1.